The number of ether oxygens (including phenoxy) is 3. The molecule has 0 saturated carbocycles. The third-order valence-electron chi connectivity index (χ3n) is 2.68. The summed E-state index contributed by atoms with van der Waals surface area (Å²) in [6, 6.07) is 0.981. The highest BCUT2D eigenvalue weighted by molar-refractivity contribution is 6.09. The molecular weight excluding hydrogens is 210 g/mol. The van der Waals surface area contributed by atoms with Crippen LogP contribution in [0.5, 0.6) is 0 Å². The van der Waals surface area contributed by atoms with Crippen molar-refractivity contribution >= 4 is 10.2 Å². The van der Waals surface area contributed by atoms with Gasteiger partial charge in [0.2, 0.25) is 5.91 Å². The van der Waals surface area contributed by atoms with Crippen molar-refractivity contribution in [2.45, 2.75) is 25.8 Å². The van der Waals surface area contributed by atoms with Crippen molar-refractivity contribution < 1.29 is 14.2 Å². The van der Waals surface area contributed by atoms with E-state index in [-0.39, 0.29) is 0 Å². The van der Waals surface area contributed by atoms with Gasteiger partial charge in [0, 0.05) is 42.6 Å². The summed E-state index contributed by atoms with van der Waals surface area (Å²) in [6.45, 7) is 8.80. The molecule has 0 aromatic carbocycles. The van der Waals surface area contributed by atoms with Gasteiger partial charge in [-0.05, 0) is 13.8 Å². The van der Waals surface area contributed by atoms with Crippen LogP contribution in [0, 0.1) is 0 Å². The van der Waals surface area contributed by atoms with Crippen molar-refractivity contribution in [1.82, 2.24) is 4.90 Å². The van der Waals surface area contributed by atoms with Crippen molar-refractivity contribution in [2.24, 2.45) is 0 Å². The minimum absolute atomic E-state index is 0.473. The zero-order valence-corrected chi connectivity index (χ0v) is 12.1. The van der Waals surface area contributed by atoms with Gasteiger partial charge in [-0.3, -0.25) is 0 Å². The van der Waals surface area contributed by atoms with Gasteiger partial charge in [0.25, 0.3) is 0 Å². The summed E-state index contributed by atoms with van der Waals surface area (Å²) in [4.78, 5) is 2.27. The quantitative estimate of drug-likeness (QED) is 0.471. The van der Waals surface area contributed by atoms with Crippen molar-refractivity contribution in [3.05, 3.63) is 0 Å². The third-order valence-corrected chi connectivity index (χ3v) is 3.57. The van der Waals surface area contributed by atoms with E-state index in [1.165, 1.54) is 0 Å². The van der Waals surface area contributed by atoms with Crippen molar-refractivity contribution in [1.29, 1.82) is 0 Å². The van der Waals surface area contributed by atoms with Crippen LogP contribution >= 0.6 is 0 Å². The monoisotopic (exact) mass is 233 g/mol. The van der Waals surface area contributed by atoms with E-state index in [1.54, 1.807) is 0 Å². The molecule has 0 radical (unpaired) electrons. The maximum absolute atomic E-state index is 5.84. The normalized spacial score (nSPS) is 19.6. The number of morpholine rings is 1. The maximum Gasteiger partial charge on any atom is 0.226 e. The minimum atomic E-state index is -0.473. The fraction of sp³-hybridized carbons (Fsp3) is 1.00. The molecule has 0 unspecified atom stereocenters. The predicted octanol–water partition coefficient (Wildman–Crippen LogP) is -0.171. The molecule has 15 heavy (non-hydrogen) atoms. The Morgan fingerprint density at radius 2 is 1.73 bits per heavy atom. The molecule has 0 N–H and O–H groups in total. The Labute approximate surface area is 95.3 Å². The predicted molar refractivity (Wildman–Crippen MR) is 63.1 cm³/mol. The fourth-order valence-corrected chi connectivity index (χ4v) is 2.86. The smallest absolute Gasteiger partial charge is 0.226 e. The maximum atomic E-state index is 5.84. The highest BCUT2D eigenvalue weighted by Crippen LogP contribution is 2.24. The number of hydrogen-bond acceptors (Lipinski definition) is 4. The SMILES string of the molecule is CCOC(C[SiH3])(OCC)N1CCOCC1. The van der Waals surface area contributed by atoms with E-state index in [2.05, 4.69) is 4.90 Å². The Morgan fingerprint density at radius 1 is 1.20 bits per heavy atom. The van der Waals surface area contributed by atoms with E-state index in [0.29, 0.717) is 13.2 Å². The summed E-state index contributed by atoms with van der Waals surface area (Å²) in [5, 5.41) is 0. The molecule has 0 spiro atoms. The van der Waals surface area contributed by atoms with E-state index in [4.69, 9.17) is 14.2 Å². The van der Waals surface area contributed by atoms with Gasteiger partial charge in [-0.2, -0.15) is 0 Å². The number of nitrogens with zero attached hydrogens (tertiary/aromatic N) is 1. The first-order chi connectivity index (χ1) is 7.29. The van der Waals surface area contributed by atoms with Crippen LogP contribution in [0.3, 0.4) is 0 Å². The first kappa shape index (κ1) is 13.1. The average Bonchev–Trinajstić information content (AvgIpc) is 2.30. The Morgan fingerprint density at radius 3 is 2.13 bits per heavy atom. The van der Waals surface area contributed by atoms with Crippen LogP contribution in [0.15, 0.2) is 0 Å². The molecule has 1 heterocycles. The summed E-state index contributed by atoms with van der Waals surface area (Å²) < 4.78 is 17.0. The van der Waals surface area contributed by atoms with E-state index < -0.39 is 5.91 Å². The summed E-state index contributed by atoms with van der Waals surface area (Å²) in [7, 11) is 1.08. The zero-order valence-electron chi connectivity index (χ0n) is 10.1. The van der Waals surface area contributed by atoms with E-state index >= 15 is 0 Å². The van der Waals surface area contributed by atoms with Crippen LogP contribution in [0.25, 0.3) is 0 Å². The molecule has 0 amide bonds. The lowest BCUT2D eigenvalue weighted by Crippen LogP contribution is -2.56. The molecule has 0 aliphatic carbocycles. The Balaban J connectivity index is 2.66. The van der Waals surface area contributed by atoms with Gasteiger partial charge >= 0.3 is 0 Å². The summed E-state index contributed by atoms with van der Waals surface area (Å²) in [5.41, 5.74) is 0. The van der Waals surface area contributed by atoms with Crippen LogP contribution < -0.4 is 0 Å². The Bertz CT molecular complexity index is 168. The lowest BCUT2D eigenvalue weighted by Gasteiger charge is -2.43. The lowest BCUT2D eigenvalue weighted by molar-refractivity contribution is -0.311. The zero-order chi connectivity index (χ0) is 11.1. The summed E-state index contributed by atoms with van der Waals surface area (Å²) >= 11 is 0. The number of rotatable bonds is 6. The molecule has 4 nitrogen and oxygen atoms in total. The first-order valence-corrected chi connectivity index (χ1v) is 7.31. The highest BCUT2D eigenvalue weighted by atomic mass is 28.1. The second-order valence-corrected chi connectivity index (χ2v) is 4.24. The van der Waals surface area contributed by atoms with Gasteiger partial charge in [-0.1, -0.05) is 0 Å². The summed E-state index contributed by atoms with van der Waals surface area (Å²) in [6.07, 6.45) is 0. The van der Waals surface area contributed by atoms with Crippen molar-refractivity contribution in [3.63, 3.8) is 0 Å². The molecule has 0 aromatic heterocycles. The lowest BCUT2D eigenvalue weighted by atomic mass is 10.3. The van der Waals surface area contributed by atoms with Crippen LogP contribution in [0.1, 0.15) is 13.8 Å². The number of hydrogen-bond donors (Lipinski definition) is 0. The molecule has 1 rings (SSSR count). The van der Waals surface area contributed by atoms with Crippen LogP contribution in [0.4, 0.5) is 0 Å². The van der Waals surface area contributed by atoms with Crippen molar-refractivity contribution in [2.75, 3.05) is 39.5 Å². The van der Waals surface area contributed by atoms with E-state index in [9.17, 15) is 0 Å². The van der Waals surface area contributed by atoms with Gasteiger partial charge in [0.05, 0.1) is 13.2 Å². The minimum Gasteiger partial charge on any atom is -0.379 e. The third kappa shape index (κ3) is 3.25. The first-order valence-electron chi connectivity index (χ1n) is 5.89. The molecule has 1 fully saturated rings. The standard InChI is InChI=1S/C10H23NO3Si/c1-3-13-10(9-15,14-4-2)11-5-7-12-8-6-11/h3-9H2,1-2,15H3. The molecule has 1 saturated heterocycles. The van der Waals surface area contributed by atoms with Gasteiger partial charge < -0.3 is 14.2 Å². The van der Waals surface area contributed by atoms with E-state index in [0.717, 1.165) is 42.6 Å². The molecule has 0 aromatic rings. The second-order valence-electron chi connectivity index (χ2n) is 3.53. The molecule has 0 bridgehead atoms. The molecular formula is C10H23NO3Si. The fourth-order valence-electron chi connectivity index (χ4n) is 2.01. The van der Waals surface area contributed by atoms with E-state index in [1.807, 2.05) is 13.8 Å². The largest absolute Gasteiger partial charge is 0.379 e. The molecule has 5 heteroatoms. The van der Waals surface area contributed by atoms with Crippen LogP contribution in [0.2, 0.25) is 6.04 Å². The summed E-state index contributed by atoms with van der Waals surface area (Å²) in [5.74, 6) is -0.473. The van der Waals surface area contributed by atoms with Crippen molar-refractivity contribution in [3.8, 4) is 0 Å². The molecule has 90 valence electrons. The second kappa shape index (κ2) is 6.60. The van der Waals surface area contributed by atoms with Gasteiger partial charge in [0.15, 0.2) is 0 Å². The van der Waals surface area contributed by atoms with Crippen LogP contribution in [-0.4, -0.2) is 60.6 Å². The Hall–Kier alpha value is 0.0569. The van der Waals surface area contributed by atoms with Gasteiger partial charge in [-0.25, -0.2) is 4.90 Å². The average molecular weight is 233 g/mol. The molecule has 0 atom stereocenters. The van der Waals surface area contributed by atoms with Gasteiger partial charge in [0.1, 0.15) is 0 Å². The van der Waals surface area contributed by atoms with Crippen LogP contribution in [-0.2, 0) is 14.2 Å². The molecule has 1 aliphatic heterocycles. The molecule has 1 aliphatic rings. The Kier molecular flexibility index (Phi) is 5.77. The van der Waals surface area contributed by atoms with Gasteiger partial charge in [-0.15, -0.1) is 0 Å². The topological polar surface area (TPSA) is 30.9 Å². The highest BCUT2D eigenvalue weighted by Gasteiger charge is 2.37.